The molecule has 2 amide bonds. The minimum absolute atomic E-state index is 0.106. The SMILES string of the molecule is C=C(CCCCCCC(N)=O)C(=C)C(=C)C(=C)C(=C)C(=C)C(N)=O. The van der Waals surface area contributed by atoms with E-state index in [4.69, 9.17) is 11.5 Å². The summed E-state index contributed by atoms with van der Waals surface area (Å²) in [7, 11) is 0. The number of hydrogen-bond donors (Lipinski definition) is 2. The van der Waals surface area contributed by atoms with Crippen molar-refractivity contribution in [2.45, 2.75) is 38.5 Å². The lowest BCUT2D eigenvalue weighted by molar-refractivity contribution is -0.118. The normalized spacial score (nSPS) is 9.83. The largest absolute Gasteiger partial charge is 0.370 e. The molecule has 0 unspecified atom stereocenters. The third kappa shape index (κ3) is 7.09. The van der Waals surface area contributed by atoms with Crippen LogP contribution in [-0.4, -0.2) is 11.8 Å². The molecule has 4 heteroatoms. The average molecular weight is 328 g/mol. The third-order valence-electron chi connectivity index (χ3n) is 3.83. The first-order chi connectivity index (χ1) is 11.1. The number of nitrogens with two attached hydrogens (primary N) is 2. The fourth-order valence-electron chi connectivity index (χ4n) is 2.05. The minimum atomic E-state index is -0.644. The molecule has 24 heavy (non-hydrogen) atoms. The van der Waals surface area contributed by atoms with Crippen molar-refractivity contribution in [3.63, 3.8) is 0 Å². The number of unbranched alkanes of at least 4 members (excludes halogenated alkanes) is 3. The van der Waals surface area contributed by atoms with Crippen LogP contribution in [0.15, 0.2) is 72.9 Å². The summed E-state index contributed by atoms with van der Waals surface area (Å²) in [5, 5.41) is 0. The van der Waals surface area contributed by atoms with Gasteiger partial charge in [0.15, 0.2) is 0 Å². The van der Waals surface area contributed by atoms with E-state index in [1.165, 1.54) is 0 Å². The van der Waals surface area contributed by atoms with Crippen LogP contribution in [0.3, 0.4) is 0 Å². The zero-order valence-electron chi connectivity index (χ0n) is 14.5. The van der Waals surface area contributed by atoms with Crippen molar-refractivity contribution in [2.75, 3.05) is 0 Å². The summed E-state index contributed by atoms with van der Waals surface area (Å²) < 4.78 is 0. The number of rotatable bonds is 13. The molecule has 0 aromatic heterocycles. The highest BCUT2D eigenvalue weighted by atomic mass is 16.1. The van der Waals surface area contributed by atoms with E-state index in [0.717, 1.165) is 37.7 Å². The Bertz CT molecular complexity index is 609. The first-order valence-electron chi connectivity index (χ1n) is 7.81. The molecule has 0 saturated heterocycles. The van der Waals surface area contributed by atoms with E-state index < -0.39 is 5.91 Å². The molecule has 4 nitrogen and oxygen atoms in total. The van der Waals surface area contributed by atoms with Crippen molar-refractivity contribution in [1.82, 2.24) is 0 Å². The number of allylic oxidation sites excluding steroid dienone is 4. The van der Waals surface area contributed by atoms with Crippen LogP contribution >= 0.6 is 0 Å². The van der Waals surface area contributed by atoms with Gasteiger partial charge in [-0.15, -0.1) is 0 Å². The summed E-state index contributed by atoms with van der Waals surface area (Å²) in [6.45, 7) is 23.2. The van der Waals surface area contributed by atoms with Crippen LogP contribution in [0, 0.1) is 0 Å². The van der Waals surface area contributed by atoms with Crippen molar-refractivity contribution in [1.29, 1.82) is 0 Å². The molecule has 4 N–H and O–H groups in total. The molecule has 0 aromatic rings. The summed E-state index contributed by atoms with van der Waals surface area (Å²) in [5.74, 6) is -0.908. The van der Waals surface area contributed by atoms with Crippen LogP contribution in [-0.2, 0) is 9.59 Å². The standard InChI is InChI=1S/C20H28N2O2/c1-13(11-9-7-8-10-12-19(21)23)14(2)15(3)16(4)17(5)18(6)20(22)24/h1-12H2,(H2,21,23)(H2,22,24). The second-order valence-electron chi connectivity index (χ2n) is 5.74. The van der Waals surface area contributed by atoms with Crippen LogP contribution in [0.1, 0.15) is 38.5 Å². The molecule has 0 radical (unpaired) electrons. The predicted octanol–water partition coefficient (Wildman–Crippen LogP) is 3.63. The maximum absolute atomic E-state index is 11.2. The van der Waals surface area contributed by atoms with Gasteiger partial charge < -0.3 is 11.5 Å². The summed E-state index contributed by atoms with van der Waals surface area (Å²) in [6, 6.07) is 0. The second kappa shape index (κ2) is 10.2. The Kier molecular flexibility index (Phi) is 9.10. The zero-order valence-corrected chi connectivity index (χ0v) is 14.5. The molecular formula is C20H28N2O2. The highest BCUT2D eigenvalue weighted by Crippen LogP contribution is 2.29. The molecule has 0 aliphatic carbocycles. The minimum Gasteiger partial charge on any atom is -0.370 e. The predicted molar refractivity (Wildman–Crippen MR) is 101 cm³/mol. The number of carbonyl (C=O) groups excluding carboxylic acids is 2. The number of hydrogen-bond acceptors (Lipinski definition) is 2. The van der Waals surface area contributed by atoms with Crippen molar-refractivity contribution in [2.24, 2.45) is 11.5 Å². The van der Waals surface area contributed by atoms with Crippen LogP contribution < -0.4 is 11.5 Å². The van der Waals surface area contributed by atoms with E-state index in [2.05, 4.69) is 39.5 Å². The first kappa shape index (κ1) is 21.4. The average Bonchev–Trinajstić information content (AvgIpc) is 2.53. The fraction of sp³-hybridized carbons (Fsp3) is 0.300. The molecule has 0 heterocycles. The molecular weight excluding hydrogens is 300 g/mol. The van der Waals surface area contributed by atoms with Crippen molar-refractivity contribution in [3.05, 3.63) is 72.9 Å². The van der Waals surface area contributed by atoms with E-state index in [9.17, 15) is 9.59 Å². The van der Waals surface area contributed by atoms with Gasteiger partial charge in [0.05, 0.1) is 0 Å². The summed E-state index contributed by atoms with van der Waals surface area (Å²) in [6.07, 6.45) is 4.87. The van der Waals surface area contributed by atoms with Gasteiger partial charge in [-0.1, -0.05) is 52.3 Å². The number of carbonyl (C=O) groups is 2. The zero-order chi connectivity index (χ0) is 18.9. The molecule has 0 bridgehead atoms. The highest BCUT2D eigenvalue weighted by Gasteiger charge is 2.15. The van der Waals surface area contributed by atoms with Crippen LogP contribution in [0.2, 0.25) is 0 Å². The summed E-state index contributed by atoms with van der Waals surface area (Å²) in [4.78, 5) is 21.8. The van der Waals surface area contributed by atoms with Crippen molar-refractivity contribution < 1.29 is 9.59 Å². The molecule has 0 rings (SSSR count). The first-order valence-corrected chi connectivity index (χ1v) is 7.81. The van der Waals surface area contributed by atoms with E-state index in [1.54, 1.807) is 0 Å². The molecule has 0 aromatic carbocycles. The van der Waals surface area contributed by atoms with Crippen molar-refractivity contribution in [3.8, 4) is 0 Å². The summed E-state index contributed by atoms with van der Waals surface area (Å²) >= 11 is 0. The van der Waals surface area contributed by atoms with E-state index >= 15 is 0 Å². The topological polar surface area (TPSA) is 86.2 Å². The Balaban J connectivity index is 4.40. The maximum Gasteiger partial charge on any atom is 0.248 e. The number of amides is 2. The Morgan fingerprint density at radius 3 is 1.46 bits per heavy atom. The Labute approximate surface area is 145 Å². The third-order valence-corrected chi connectivity index (χ3v) is 3.83. The molecule has 0 saturated carbocycles. The molecule has 0 atom stereocenters. The van der Waals surface area contributed by atoms with Gasteiger partial charge in [-0.25, -0.2) is 0 Å². The fourth-order valence-corrected chi connectivity index (χ4v) is 2.05. The molecule has 0 fully saturated rings. The van der Waals surface area contributed by atoms with Gasteiger partial charge in [-0.3, -0.25) is 9.59 Å². The monoisotopic (exact) mass is 328 g/mol. The Morgan fingerprint density at radius 1 is 0.583 bits per heavy atom. The molecule has 0 aliphatic rings. The smallest absolute Gasteiger partial charge is 0.248 e. The van der Waals surface area contributed by atoms with Crippen molar-refractivity contribution >= 4 is 11.8 Å². The quantitative estimate of drug-likeness (QED) is 0.307. The molecule has 130 valence electrons. The maximum atomic E-state index is 11.2. The van der Waals surface area contributed by atoms with Crippen LogP contribution in [0.4, 0.5) is 0 Å². The van der Waals surface area contributed by atoms with Gasteiger partial charge in [0.1, 0.15) is 0 Å². The lowest BCUT2D eigenvalue weighted by Gasteiger charge is -2.16. The lowest BCUT2D eigenvalue weighted by atomic mass is 9.88. The van der Waals surface area contributed by atoms with Gasteiger partial charge in [0.25, 0.3) is 0 Å². The van der Waals surface area contributed by atoms with Gasteiger partial charge in [0, 0.05) is 12.0 Å². The van der Waals surface area contributed by atoms with Gasteiger partial charge in [-0.2, -0.15) is 0 Å². The second-order valence-corrected chi connectivity index (χ2v) is 5.74. The molecule has 0 spiro atoms. The number of primary amides is 2. The van der Waals surface area contributed by atoms with E-state index in [0.29, 0.717) is 28.7 Å². The van der Waals surface area contributed by atoms with E-state index in [-0.39, 0.29) is 11.5 Å². The Hall–Kier alpha value is -2.62. The van der Waals surface area contributed by atoms with E-state index in [1.807, 2.05) is 0 Å². The Morgan fingerprint density at radius 2 is 1.00 bits per heavy atom. The molecule has 0 aliphatic heterocycles. The van der Waals surface area contributed by atoms with Gasteiger partial charge in [0.2, 0.25) is 11.8 Å². The summed E-state index contributed by atoms with van der Waals surface area (Å²) in [5.41, 5.74) is 13.3. The van der Waals surface area contributed by atoms with Crippen LogP contribution in [0.25, 0.3) is 0 Å². The van der Waals surface area contributed by atoms with Gasteiger partial charge in [-0.05, 0) is 47.1 Å². The van der Waals surface area contributed by atoms with Gasteiger partial charge >= 0.3 is 0 Å². The highest BCUT2D eigenvalue weighted by molar-refractivity contribution is 5.97. The van der Waals surface area contributed by atoms with Crippen LogP contribution in [0.5, 0.6) is 0 Å². The lowest BCUT2D eigenvalue weighted by Crippen LogP contribution is -2.15.